The fourth-order valence-corrected chi connectivity index (χ4v) is 4.03. The third-order valence-corrected chi connectivity index (χ3v) is 5.95. The molecule has 0 unspecified atom stereocenters. The predicted molar refractivity (Wildman–Crippen MR) is 124 cm³/mol. The molecule has 0 aliphatic heterocycles. The number of amides is 1. The number of carbonyl (C=O) groups is 2. The normalized spacial score (nSPS) is 18.3. The number of nitrogens with one attached hydrogen (secondary N) is 2. The van der Waals surface area contributed by atoms with Gasteiger partial charge in [-0.1, -0.05) is 29.8 Å². The third-order valence-electron chi connectivity index (χ3n) is 5.95. The molecule has 1 fully saturated rings. The van der Waals surface area contributed by atoms with Crippen molar-refractivity contribution in [2.24, 2.45) is 5.73 Å². The Hall–Kier alpha value is -3.39. The van der Waals surface area contributed by atoms with E-state index in [1.165, 1.54) is 7.11 Å². The van der Waals surface area contributed by atoms with Crippen molar-refractivity contribution in [3.05, 3.63) is 53.7 Å². The van der Waals surface area contributed by atoms with E-state index in [9.17, 15) is 9.59 Å². The number of aryl methyl sites for hydroxylation is 1. The van der Waals surface area contributed by atoms with Gasteiger partial charge in [0.15, 0.2) is 0 Å². The van der Waals surface area contributed by atoms with Gasteiger partial charge in [-0.05, 0) is 44.7 Å². The fraction of sp³-hybridized carbons (Fsp3) is 0.375. The lowest BCUT2D eigenvalue weighted by atomic mass is 9.91. The molecular weight excluding hydrogens is 406 g/mol. The molecule has 1 aliphatic carbocycles. The van der Waals surface area contributed by atoms with Crippen molar-refractivity contribution in [2.45, 2.75) is 44.7 Å². The molecule has 1 amide bonds. The van der Waals surface area contributed by atoms with Gasteiger partial charge in [-0.25, -0.2) is 4.98 Å². The molecule has 168 valence electrons. The fourth-order valence-electron chi connectivity index (χ4n) is 4.03. The van der Waals surface area contributed by atoms with Gasteiger partial charge in [-0.2, -0.15) is 0 Å². The van der Waals surface area contributed by atoms with Crippen LogP contribution in [0.15, 0.2) is 42.6 Å². The number of pyridine rings is 1. The average Bonchev–Trinajstić information content (AvgIpc) is 3.17. The van der Waals surface area contributed by atoms with Crippen molar-refractivity contribution < 1.29 is 14.3 Å². The number of hydrogen-bond acceptors (Lipinski definition) is 6. The molecule has 0 radical (unpaired) electrons. The Morgan fingerprint density at radius 1 is 1.16 bits per heavy atom. The van der Waals surface area contributed by atoms with Crippen molar-refractivity contribution in [1.29, 1.82) is 0 Å². The Kier molecular flexibility index (Phi) is 6.41. The summed E-state index contributed by atoms with van der Waals surface area (Å²) in [4.78, 5) is 29.3. The van der Waals surface area contributed by atoms with Crippen LogP contribution in [-0.4, -0.2) is 47.0 Å². The molecule has 1 aromatic carbocycles. The zero-order valence-corrected chi connectivity index (χ0v) is 18.4. The number of nitrogens with two attached hydrogens (primary N) is 1. The van der Waals surface area contributed by atoms with Gasteiger partial charge in [0.2, 0.25) is 0 Å². The molecule has 8 heteroatoms. The zero-order chi connectivity index (χ0) is 22.7. The molecule has 0 bridgehead atoms. The number of benzene rings is 1. The summed E-state index contributed by atoms with van der Waals surface area (Å²) in [6.45, 7) is 2.03. The van der Waals surface area contributed by atoms with E-state index in [-0.39, 0.29) is 30.5 Å². The zero-order valence-electron chi connectivity index (χ0n) is 18.4. The minimum Gasteiger partial charge on any atom is -0.468 e. The maximum Gasteiger partial charge on any atom is 0.325 e. The van der Waals surface area contributed by atoms with Crippen molar-refractivity contribution in [3.63, 3.8) is 0 Å². The molecular formula is C24H29N5O3. The molecule has 8 nitrogen and oxygen atoms in total. The molecule has 4 N–H and O–H groups in total. The number of imidazole rings is 1. The van der Waals surface area contributed by atoms with E-state index in [0.29, 0.717) is 22.7 Å². The van der Waals surface area contributed by atoms with Crippen LogP contribution in [0.5, 0.6) is 0 Å². The van der Waals surface area contributed by atoms with E-state index >= 15 is 0 Å². The first-order valence-corrected chi connectivity index (χ1v) is 10.9. The first kappa shape index (κ1) is 21.8. The van der Waals surface area contributed by atoms with Gasteiger partial charge in [-0.15, -0.1) is 0 Å². The van der Waals surface area contributed by atoms with Gasteiger partial charge in [0.25, 0.3) is 5.91 Å². The first-order valence-electron chi connectivity index (χ1n) is 10.9. The summed E-state index contributed by atoms with van der Waals surface area (Å²) in [5.74, 6) is 0.178. The van der Waals surface area contributed by atoms with Gasteiger partial charge in [0.05, 0.1) is 7.11 Å². The lowest BCUT2D eigenvalue weighted by Crippen LogP contribution is -2.40. The predicted octanol–water partition coefficient (Wildman–Crippen LogP) is 2.89. The van der Waals surface area contributed by atoms with Crippen LogP contribution in [-0.2, 0) is 9.53 Å². The second-order valence-corrected chi connectivity index (χ2v) is 8.33. The molecule has 1 saturated carbocycles. The van der Waals surface area contributed by atoms with Crippen LogP contribution in [0, 0.1) is 6.92 Å². The van der Waals surface area contributed by atoms with Crippen molar-refractivity contribution in [1.82, 2.24) is 14.7 Å². The number of aromatic nitrogens is 2. The van der Waals surface area contributed by atoms with Crippen LogP contribution in [0.2, 0.25) is 0 Å². The molecule has 4 rings (SSSR count). The molecule has 0 spiro atoms. The van der Waals surface area contributed by atoms with Crippen LogP contribution in [0.25, 0.3) is 16.9 Å². The summed E-state index contributed by atoms with van der Waals surface area (Å²) in [6, 6.07) is 11.9. The van der Waals surface area contributed by atoms with Crippen LogP contribution in [0.4, 0.5) is 5.82 Å². The monoisotopic (exact) mass is 435 g/mol. The highest BCUT2D eigenvalue weighted by Crippen LogP contribution is 2.29. The van der Waals surface area contributed by atoms with E-state index in [4.69, 9.17) is 15.5 Å². The SMILES string of the molecule is COC(=O)CNc1c(-c2ccc(C)cc2)nc2cc(C(=O)NC3CCC(N)CC3)ccn12. The average molecular weight is 436 g/mol. The molecule has 1 aliphatic rings. The summed E-state index contributed by atoms with van der Waals surface area (Å²) in [5, 5.41) is 6.25. The van der Waals surface area contributed by atoms with Gasteiger partial charge in [0.1, 0.15) is 23.7 Å². The van der Waals surface area contributed by atoms with Gasteiger partial charge >= 0.3 is 5.97 Å². The lowest BCUT2D eigenvalue weighted by Gasteiger charge is -2.26. The largest absolute Gasteiger partial charge is 0.468 e. The summed E-state index contributed by atoms with van der Waals surface area (Å²) in [5.41, 5.74) is 9.89. The Morgan fingerprint density at radius 2 is 1.88 bits per heavy atom. The Labute approximate surface area is 187 Å². The Morgan fingerprint density at radius 3 is 2.56 bits per heavy atom. The third kappa shape index (κ3) is 4.75. The molecule has 0 atom stereocenters. The number of ether oxygens (including phenoxy) is 1. The molecule has 0 saturated heterocycles. The van der Waals surface area contributed by atoms with Crippen molar-refractivity contribution in [3.8, 4) is 11.3 Å². The summed E-state index contributed by atoms with van der Waals surface area (Å²) in [6.07, 6.45) is 5.46. The van der Waals surface area contributed by atoms with Crippen LogP contribution >= 0.6 is 0 Å². The smallest absolute Gasteiger partial charge is 0.325 e. The number of fused-ring (bicyclic) bond motifs is 1. The standard InChI is InChI=1S/C24H29N5O3/c1-15-3-5-16(6-4-15)22-23(26-14-21(30)32-2)29-12-11-17(13-20(29)28-22)24(31)27-19-9-7-18(25)8-10-19/h3-6,11-13,18-19,26H,7-10,14,25H2,1-2H3,(H,27,31). The van der Waals surface area contributed by atoms with Gasteiger partial charge in [-0.3, -0.25) is 14.0 Å². The summed E-state index contributed by atoms with van der Waals surface area (Å²) in [7, 11) is 1.35. The van der Waals surface area contributed by atoms with E-state index in [1.54, 1.807) is 18.3 Å². The van der Waals surface area contributed by atoms with E-state index in [1.807, 2.05) is 35.6 Å². The molecule has 32 heavy (non-hydrogen) atoms. The van der Waals surface area contributed by atoms with Crippen LogP contribution in [0.1, 0.15) is 41.6 Å². The summed E-state index contributed by atoms with van der Waals surface area (Å²) < 4.78 is 6.60. The Bertz CT molecular complexity index is 1110. The number of esters is 1. The van der Waals surface area contributed by atoms with E-state index < -0.39 is 0 Å². The number of rotatable bonds is 6. The number of carbonyl (C=O) groups excluding carboxylic acids is 2. The maximum absolute atomic E-state index is 12.8. The molecule has 2 heterocycles. The highest BCUT2D eigenvalue weighted by molar-refractivity contribution is 5.95. The van der Waals surface area contributed by atoms with E-state index in [2.05, 4.69) is 10.6 Å². The van der Waals surface area contributed by atoms with Crippen LogP contribution < -0.4 is 16.4 Å². The summed E-state index contributed by atoms with van der Waals surface area (Å²) >= 11 is 0. The lowest BCUT2D eigenvalue weighted by molar-refractivity contribution is -0.138. The minimum absolute atomic E-state index is 0.00914. The van der Waals surface area contributed by atoms with Crippen molar-refractivity contribution >= 4 is 23.3 Å². The minimum atomic E-state index is -0.377. The van der Waals surface area contributed by atoms with Gasteiger partial charge in [0, 0.05) is 29.4 Å². The van der Waals surface area contributed by atoms with Crippen molar-refractivity contribution in [2.75, 3.05) is 19.0 Å². The molecule has 3 aromatic rings. The van der Waals surface area contributed by atoms with Gasteiger partial charge < -0.3 is 21.1 Å². The highest BCUT2D eigenvalue weighted by Gasteiger charge is 2.22. The second-order valence-electron chi connectivity index (χ2n) is 8.33. The number of methoxy groups -OCH3 is 1. The first-order chi connectivity index (χ1) is 15.4. The van der Waals surface area contributed by atoms with E-state index in [0.717, 1.165) is 36.8 Å². The Balaban J connectivity index is 1.64. The highest BCUT2D eigenvalue weighted by atomic mass is 16.5. The maximum atomic E-state index is 12.8. The number of nitrogens with zero attached hydrogens (tertiary/aromatic N) is 2. The number of anilines is 1. The molecule has 2 aromatic heterocycles. The number of hydrogen-bond donors (Lipinski definition) is 3. The second kappa shape index (κ2) is 9.40. The quantitative estimate of drug-likeness (QED) is 0.514. The van der Waals surface area contributed by atoms with Crippen LogP contribution in [0.3, 0.4) is 0 Å². The topological polar surface area (TPSA) is 111 Å².